The van der Waals surface area contributed by atoms with Crippen LogP contribution in [-0.2, 0) is 6.42 Å². The van der Waals surface area contributed by atoms with Gasteiger partial charge in [0.25, 0.3) is 0 Å². The molecule has 3 rings (SSSR count). The van der Waals surface area contributed by atoms with Crippen LogP contribution in [0.2, 0.25) is 0 Å². The van der Waals surface area contributed by atoms with Crippen LogP contribution >= 0.6 is 0 Å². The van der Waals surface area contributed by atoms with Crippen LogP contribution in [0.5, 0.6) is 5.75 Å². The van der Waals surface area contributed by atoms with Gasteiger partial charge in [-0.05, 0) is 37.0 Å². The third-order valence-electron chi connectivity index (χ3n) is 4.86. The van der Waals surface area contributed by atoms with Crippen molar-refractivity contribution in [3.63, 3.8) is 0 Å². The first-order chi connectivity index (χ1) is 10.1. The van der Waals surface area contributed by atoms with Crippen molar-refractivity contribution in [2.45, 2.75) is 50.7 Å². The molecule has 1 aliphatic carbocycles. The molecule has 3 nitrogen and oxygen atoms in total. The van der Waals surface area contributed by atoms with Gasteiger partial charge in [-0.25, -0.2) is 4.39 Å². The van der Waals surface area contributed by atoms with Gasteiger partial charge in [0, 0.05) is 24.1 Å². The van der Waals surface area contributed by atoms with Crippen LogP contribution in [-0.4, -0.2) is 29.9 Å². The van der Waals surface area contributed by atoms with Gasteiger partial charge in [-0.1, -0.05) is 19.8 Å². The van der Waals surface area contributed by atoms with Crippen LogP contribution < -0.4 is 10.1 Å². The van der Waals surface area contributed by atoms with Crippen molar-refractivity contribution in [2.24, 2.45) is 5.92 Å². The minimum Gasteiger partial charge on any atom is -0.488 e. The summed E-state index contributed by atoms with van der Waals surface area (Å²) in [7, 11) is 0. The third-order valence-corrected chi connectivity index (χ3v) is 4.86. The van der Waals surface area contributed by atoms with Crippen LogP contribution in [0.4, 0.5) is 4.39 Å². The normalized spacial score (nSPS) is 31.8. The predicted octanol–water partition coefficient (Wildman–Crippen LogP) is 2.66. The molecule has 1 fully saturated rings. The molecule has 0 spiro atoms. The molecular weight excluding hydrogens is 269 g/mol. The summed E-state index contributed by atoms with van der Waals surface area (Å²) in [6, 6.07) is 4.70. The Morgan fingerprint density at radius 1 is 1.48 bits per heavy atom. The third kappa shape index (κ3) is 3.22. The first kappa shape index (κ1) is 14.8. The second kappa shape index (κ2) is 5.93. The Bertz CT molecular complexity index is 508. The molecule has 2 aliphatic rings. The van der Waals surface area contributed by atoms with E-state index in [0.29, 0.717) is 12.5 Å². The van der Waals surface area contributed by atoms with E-state index in [4.69, 9.17) is 4.74 Å². The second-order valence-corrected chi connectivity index (χ2v) is 6.72. The van der Waals surface area contributed by atoms with Crippen molar-refractivity contribution in [1.29, 1.82) is 0 Å². The van der Waals surface area contributed by atoms with Crippen molar-refractivity contribution < 1.29 is 14.2 Å². The topological polar surface area (TPSA) is 41.5 Å². The highest BCUT2D eigenvalue weighted by atomic mass is 19.1. The molecule has 3 atom stereocenters. The van der Waals surface area contributed by atoms with Gasteiger partial charge in [-0.2, -0.15) is 0 Å². The van der Waals surface area contributed by atoms with Gasteiger partial charge < -0.3 is 15.2 Å². The average molecular weight is 293 g/mol. The number of hydrogen-bond acceptors (Lipinski definition) is 3. The molecule has 0 radical (unpaired) electrons. The zero-order valence-corrected chi connectivity index (χ0v) is 12.6. The molecule has 1 saturated carbocycles. The summed E-state index contributed by atoms with van der Waals surface area (Å²) in [6.45, 7) is 3.12. The van der Waals surface area contributed by atoms with Crippen LogP contribution in [0, 0.1) is 11.7 Å². The SMILES string of the molecule is CC1CCCC(CO)(NCC2Cc3cc(F)ccc3O2)C1. The molecule has 0 bridgehead atoms. The maximum absolute atomic E-state index is 13.2. The Balaban J connectivity index is 1.58. The first-order valence-corrected chi connectivity index (χ1v) is 7.91. The van der Waals surface area contributed by atoms with Gasteiger partial charge in [-0.15, -0.1) is 0 Å². The molecule has 0 saturated heterocycles. The average Bonchev–Trinajstić information content (AvgIpc) is 2.87. The Morgan fingerprint density at radius 2 is 2.33 bits per heavy atom. The minimum absolute atomic E-state index is 0.0301. The molecule has 1 heterocycles. The maximum Gasteiger partial charge on any atom is 0.123 e. The van der Waals surface area contributed by atoms with E-state index in [1.54, 1.807) is 12.1 Å². The molecule has 4 heteroatoms. The van der Waals surface area contributed by atoms with Gasteiger partial charge in [0.2, 0.25) is 0 Å². The first-order valence-electron chi connectivity index (χ1n) is 7.91. The summed E-state index contributed by atoms with van der Waals surface area (Å²) in [6.07, 6.45) is 5.19. The predicted molar refractivity (Wildman–Crippen MR) is 80.0 cm³/mol. The standard InChI is InChI=1S/C17H24FNO2/c1-12-3-2-6-17(9-12,11-20)19-10-15-8-13-7-14(18)4-5-16(13)21-15/h4-5,7,12,15,19-20H,2-3,6,8-11H2,1H3. The van der Waals surface area contributed by atoms with E-state index in [9.17, 15) is 9.50 Å². The molecule has 21 heavy (non-hydrogen) atoms. The summed E-state index contributed by atoms with van der Waals surface area (Å²) in [5.74, 6) is 1.23. The molecule has 1 aliphatic heterocycles. The molecule has 2 N–H and O–H groups in total. The van der Waals surface area contributed by atoms with Gasteiger partial charge in [0.05, 0.1) is 6.61 Å². The Hall–Kier alpha value is -1.13. The fraction of sp³-hybridized carbons (Fsp3) is 0.647. The van der Waals surface area contributed by atoms with E-state index in [1.165, 1.54) is 12.5 Å². The number of fused-ring (bicyclic) bond motifs is 1. The zero-order valence-electron chi connectivity index (χ0n) is 12.6. The molecule has 116 valence electrons. The molecule has 3 unspecified atom stereocenters. The summed E-state index contributed by atoms with van der Waals surface area (Å²) >= 11 is 0. The highest BCUT2D eigenvalue weighted by Gasteiger charge is 2.35. The summed E-state index contributed by atoms with van der Waals surface area (Å²) in [5, 5.41) is 13.3. The van der Waals surface area contributed by atoms with E-state index in [-0.39, 0.29) is 24.1 Å². The van der Waals surface area contributed by atoms with E-state index in [2.05, 4.69) is 12.2 Å². The molecule has 0 aromatic heterocycles. The number of aliphatic hydroxyl groups is 1. The van der Waals surface area contributed by atoms with Gasteiger partial charge in [0.1, 0.15) is 17.7 Å². The number of hydrogen-bond donors (Lipinski definition) is 2. The Labute approximate surface area is 125 Å². The lowest BCUT2D eigenvalue weighted by Gasteiger charge is -2.40. The van der Waals surface area contributed by atoms with E-state index >= 15 is 0 Å². The van der Waals surface area contributed by atoms with Crippen LogP contribution in [0.25, 0.3) is 0 Å². The van der Waals surface area contributed by atoms with E-state index in [1.807, 2.05) is 0 Å². The lowest BCUT2D eigenvalue weighted by Crippen LogP contribution is -2.54. The van der Waals surface area contributed by atoms with Crippen LogP contribution in [0.1, 0.15) is 38.2 Å². The number of benzene rings is 1. The maximum atomic E-state index is 13.2. The van der Waals surface area contributed by atoms with Crippen molar-refractivity contribution in [1.82, 2.24) is 5.32 Å². The quantitative estimate of drug-likeness (QED) is 0.897. The van der Waals surface area contributed by atoms with Crippen LogP contribution in [0.15, 0.2) is 18.2 Å². The second-order valence-electron chi connectivity index (χ2n) is 6.72. The summed E-state index contributed by atoms with van der Waals surface area (Å²) in [5.41, 5.74) is 0.776. The van der Waals surface area contributed by atoms with Crippen molar-refractivity contribution in [3.05, 3.63) is 29.6 Å². The monoisotopic (exact) mass is 293 g/mol. The lowest BCUT2D eigenvalue weighted by atomic mass is 9.77. The Morgan fingerprint density at radius 3 is 3.10 bits per heavy atom. The van der Waals surface area contributed by atoms with Gasteiger partial charge in [0.15, 0.2) is 0 Å². The highest BCUT2D eigenvalue weighted by molar-refractivity contribution is 5.37. The zero-order chi connectivity index (χ0) is 14.9. The number of halogens is 1. The number of rotatable bonds is 4. The highest BCUT2D eigenvalue weighted by Crippen LogP contribution is 2.33. The minimum atomic E-state index is -0.209. The molecular formula is C17H24FNO2. The van der Waals surface area contributed by atoms with Crippen molar-refractivity contribution >= 4 is 0 Å². The number of aliphatic hydroxyl groups excluding tert-OH is 1. The van der Waals surface area contributed by atoms with Crippen molar-refractivity contribution in [3.8, 4) is 5.75 Å². The lowest BCUT2D eigenvalue weighted by molar-refractivity contribution is 0.0874. The largest absolute Gasteiger partial charge is 0.488 e. The molecule has 1 aromatic rings. The fourth-order valence-corrected chi connectivity index (χ4v) is 3.75. The van der Waals surface area contributed by atoms with Crippen molar-refractivity contribution in [2.75, 3.05) is 13.2 Å². The summed E-state index contributed by atoms with van der Waals surface area (Å²) < 4.78 is 19.1. The van der Waals surface area contributed by atoms with E-state index < -0.39 is 0 Å². The van der Waals surface area contributed by atoms with Crippen LogP contribution in [0.3, 0.4) is 0 Å². The smallest absolute Gasteiger partial charge is 0.123 e. The fourth-order valence-electron chi connectivity index (χ4n) is 3.75. The summed E-state index contributed by atoms with van der Waals surface area (Å²) in [4.78, 5) is 0. The van der Waals surface area contributed by atoms with E-state index in [0.717, 1.165) is 37.0 Å². The van der Waals surface area contributed by atoms with Gasteiger partial charge >= 0.3 is 0 Å². The van der Waals surface area contributed by atoms with Gasteiger partial charge in [-0.3, -0.25) is 0 Å². The number of ether oxygens (including phenoxy) is 1. The number of nitrogens with one attached hydrogen (secondary N) is 1. The Kier molecular flexibility index (Phi) is 4.18. The molecule has 1 aromatic carbocycles. The molecule has 0 amide bonds.